The van der Waals surface area contributed by atoms with Gasteiger partial charge in [-0.25, -0.2) is 0 Å². The van der Waals surface area contributed by atoms with E-state index in [1.165, 1.54) is 0 Å². The molecule has 15 heavy (non-hydrogen) atoms. The molecule has 5 N–H and O–H groups in total. The van der Waals surface area contributed by atoms with E-state index in [0.29, 0.717) is 0 Å². The van der Waals surface area contributed by atoms with E-state index in [9.17, 15) is 0 Å². The Morgan fingerprint density at radius 3 is 1.67 bits per heavy atom. The van der Waals surface area contributed by atoms with Crippen LogP contribution in [0.2, 0.25) is 0 Å². The normalized spacial score (nSPS) is 6.80. The van der Waals surface area contributed by atoms with Crippen molar-refractivity contribution < 1.29 is 31.9 Å². The number of aliphatic hydroxyl groups excluding tert-OH is 2. The molecule has 0 amide bonds. The minimum atomic E-state index is 0. The molecule has 0 aliphatic heterocycles. The first-order valence-electron chi connectivity index (χ1n) is 4.66. The average molecular weight is 256 g/mol. The summed E-state index contributed by atoms with van der Waals surface area (Å²) in [5.74, 6) is 0. The van der Waals surface area contributed by atoms with Crippen LogP contribution in [-0.2, 0) is 21.7 Å². The first-order chi connectivity index (χ1) is 6.24. The second kappa shape index (κ2) is 46.9. The summed E-state index contributed by atoms with van der Waals surface area (Å²) in [5.41, 5.74) is 5.19. The van der Waals surface area contributed by atoms with Gasteiger partial charge in [0.25, 0.3) is 0 Å². The van der Waals surface area contributed by atoms with Gasteiger partial charge in [-0.3, -0.25) is 0 Å². The quantitative estimate of drug-likeness (QED) is 0.329. The summed E-state index contributed by atoms with van der Waals surface area (Å²) in [6, 6.07) is 0. The molecule has 94 valence electrons. The topological polar surface area (TPSA) is 78.5 Å². The van der Waals surface area contributed by atoms with Gasteiger partial charge in [0.05, 0.1) is 0 Å². The number of hydrogen-bond donors (Lipinski definition) is 4. The molecule has 0 fully saturated rings. The van der Waals surface area contributed by atoms with Crippen molar-refractivity contribution in [2.75, 3.05) is 32.8 Å². The molecule has 0 heterocycles. The van der Waals surface area contributed by atoms with E-state index >= 15 is 0 Å². The van der Waals surface area contributed by atoms with Crippen LogP contribution in [0.4, 0.5) is 0 Å². The fourth-order valence-electron chi connectivity index (χ4n) is 0.352. The largest absolute Gasteiger partial charge is 2.00 e. The van der Waals surface area contributed by atoms with Crippen LogP contribution >= 0.6 is 0 Å². The molecule has 0 atom stereocenters. The maximum absolute atomic E-state index is 7.57. The van der Waals surface area contributed by atoms with E-state index in [1.807, 2.05) is 0 Å². The standard InChI is InChI=1S/C5H13N2.2C2H6O.CH3.Ti/c1-2-4-7-5-3-6;2*1-2-3;;/h7H,1-6H2;2*3H,2H2,1H3;1H3;/q-1;;;-1;+2. The van der Waals surface area contributed by atoms with Crippen LogP contribution in [0.5, 0.6) is 0 Å². The zero-order valence-corrected chi connectivity index (χ0v) is 12.0. The van der Waals surface area contributed by atoms with Crippen molar-refractivity contribution in [2.45, 2.75) is 20.3 Å². The van der Waals surface area contributed by atoms with Gasteiger partial charge in [-0.1, -0.05) is 0 Å². The molecule has 0 aliphatic rings. The van der Waals surface area contributed by atoms with Gasteiger partial charge < -0.3 is 35.6 Å². The molecule has 0 saturated carbocycles. The van der Waals surface area contributed by atoms with Crippen molar-refractivity contribution >= 4 is 0 Å². The second-order valence-corrected chi connectivity index (χ2v) is 2.02. The summed E-state index contributed by atoms with van der Waals surface area (Å²) >= 11 is 0. The Hall–Kier alpha value is 0.554. The predicted molar refractivity (Wildman–Crippen MR) is 63.8 cm³/mol. The monoisotopic (exact) mass is 256 g/mol. The molecule has 5 heteroatoms. The summed E-state index contributed by atoms with van der Waals surface area (Å²) in [7, 11) is 0. The molecule has 0 aromatic carbocycles. The Morgan fingerprint density at radius 1 is 1.13 bits per heavy atom. The average Bonchev–Trinajstić information content (AvgIpc) is 2.08. The summed E-state index contributed by atoms with van der Waals surface area (Å²) < 4.78 is 0. The first kappa shape index (κ1) is 29.6. The van der Waals surface area contributed by atoms with Gasteiger partial charge >= 0.3 is 21.7 Å². The van der Waals surface area contributed by atoms with Gasteiger partial charge in [-0.2, -0.15) is 6.42 Å². The molecule has 4 nitrogen and oxygen atoms in total. The number of rotatable bonds is 4. The van der Waals surface area contributed by atoms with Crippen LogP contribution in [0.15, 0.2) is 0 Å². The molecule has 0 aromatic rings. The number of aliphatic hydroxyl groups is 2. The Labute approximate surface area is 111 Å². The van der Waals surface area contributed by atoms with Gasteiger partial charge in [0.15, 0.2) is 0 Å². The van der Waals surface area contributed by atoms with Crippen molar-refractivity contribution in [3.8, 4) is 0 Å². The van der Waals surface area contributed by atoms with E-state index in [2.05, 4.69) is 12.2 Å². The smallest absolute Gasteiger partial charge is 0.397 e. The van der Waals surface area contributed by atoms with Crippen molar-refractivity contribution in [2.24, 2.45) is 5.73 Å². The molecule has 0 spiro atoms. The van der Waals surface area contributed by atoms with E-state index < -0.39 is 0 Å². The molecule has 0 aliphatic carbocycles. The van der Waals surface area contributed by atoms with Crippen LogP contribution in [0.3, 0.4) is 0 Å². The van der Waals surface area contributed by atoms with Crippen LogP contribution in [0.1, 0.15) is 20.3 Å². The van der Waals surface area contributed by atoms with Crippen molar-refractivity contribution in [3.05, 3.63) is 14.4 Å². The van der Waals surface area contributed by atoms with Gasteiger partial charge in [-0.15, -0.1) is 0 Å². The Kier molecular flexibility index (Phi) is 92.4. The van der Waals surface area contributed by atoms with E-state index in [0.717, 1.165) is 26.1 Å². The second-order valence-electron chi connectivity index (χ2n) is 2.02. The number of nitrogens with two attached hydrogens (primary N) is 1. The van der Waals surface area contributed by atoms with Gasteiger partial charge in [0.1, 0.15) is 0 Å². The molecule has 0 saturated heterocycles. The Balaban J connectivity index is -0.0000000361. The Morgan fingerprint density at radius 2 is 1.47 bits per heavy atom. The van der Waals surface area contributed by atoms with Crippen molar-refractivity contribution in [1.82, 2.24) is 5.32 Å². The number of hydrogen-bond acceptors (Lipinski definition) is 4. The molecule has 0 rings (SSSR count). The van der Waals surface area contributed by atoms with Crippen LogP contribution < -0.4 is 11.1 Å². The third kappa shape index (κ3) is 111. The summed E-state index contributed by atoms with van der Waals surface area (Å²) in [5, 5.41) is 18.2. The van der Waals surface area contributed by atoms with Crippen LogP contribution in [-0.4, -0.2) is 43.1 Å². The van der Waals surface area contributed by atoms with Crippen molar-refractivity contribution in [3.63, 3.8) is 0 Å². The molecule has 0 radical (unpaired) electrons. The van der Waals surface area contributed by atoms with Gasteiger partial charge in [-0.05, 0) is 20.4 Å². The summed E-state index contributed by atoms with van der Waals surface area (Å²) in [6.07, 6.45) is 0.944. The summed E-state index contributed by atoms with van der Waals surface area (Å²) in [6.45, 7) is 10.1. The van der Waals surface area contributed by atoms with E-state index in [1.54, 1.807) is 13.8 Å². The minimum Gasteiger partial charge on any atom is -0.397 e. The van der Waals surface area contributed by atoms with E-state index in [-0.39, 0.29) is 42.4 Å². The zero-order chi connectivity index (χ0) is 10.9. The molecule has 0 unspecified atom stereocenters. The Bertz CT molecular complexity index is 54.7. The molecule has 0 bridgehead atoms. The maximum Gasteiger partial charge on any atom is 2.00 e. The SMILES string of the molecule is CCO.CCO.[CH2-]CCNCCN.[CH3-].[Ti+2]. The minimum absolute atomic E-state index is 0. The first-order valence-corrected chi connectivity index (χ1v) is 4.66. The fraction of sp³-hybridized carbons (Fsp3) is 0.800. The van der Waals surface area contributed by atoms with Crippen molar-refractivity contribution in [1.29, 1.82) is 0 Å². The maximum atomic E-state index is 7.57. The molecular formula is C10H28N2O2Ti. The summed E-state index contributed by atoms with van der Waals surface area (Å²) in [4.78, 5) is 0. The van der Waals surface area contributed by atoms with Crippen LogP contribution in [0, 0.1) is 14.4 Å². The van der Waals surface area contributed by atoms with Gasteiger partial charge in [0.2, 0.25) is 0 Å². The molecule has 0 aromatic heterocycles. The third-order valence-corrected chi connectivity index (χ3v) is 0.675. The van der Waals surface area contributed by atoms with E-state index in [4.69, 9.17) is 15.9 Å². The number of nitrogens with one attached hydrogen (secondary N) is 1. The van der Waals surface area contributed by atoms with Gasteiger partial charge in [0, 0.05) is 26.3 Å². The fourth-order valence-corrected chi connectivity index (χ4v) is 0.352. The third-order valence-electron chi connectivity index (χ3n) is 0.675. The molecular weight excluding hydrogens is 228 g/mol. The van der Waals surface area contributed by atoms with Crippen LogP contribution in [0.25, 0.3) is 0 Å². The predicted octanol–water partition coefficient (Wildman–Crippen LogP) is 0.204. The zero-order valence-electron chi connectivity index (χ0n) is 10.4.